The maximum atomic E-state index is 9.37. The Kier molecular flexibility index (Phi) is 11.0. The summed E-state index contributed by atoms with van der Waals surface area (Å²) in [5, 5.41) is 7.72. The fraction of sp³-hybridized carbons (Fsp3) is 0.500. The topological polar surface area (TPSA) is 37.3 Å². The Morgan fingerprint density at radius 2 is 1.78 bits per heavy atom. The maximum absolute atomic E-state index is 9.37. The lowest BCUT2D eigenvalue weighted by molar-refractivity contribution is -0.136. The minimum atomic E-state index is -0.745. The Bertz CT molecular complexity index is 98.0. The van der Waals surface area contributed by atoms with Crippen LogP contribution in [0.4, 0.5) is 0 Å². The standard InChI is InChI=1S/C3H6O2.CH2S3/c1-2-3(4)5;2-1(3)4/h2H2,1H3,(H,4,5);(H2,2,3,4). The lowest BCUT2D eigenvalue weighted by Gasteiger charge is -1.71. The van der Waals surface area contributed by atoms with Gasteiger partial charge in [0.05, 0.1) is 3.53 Å². The van der Waals surface area contributed by atoms with Crippen LogP contribution < -0.4 is 0 Å². The molecule has 9 heavy (non-hydrogen) atoms. The Morgan fingerprint density at radius 3 is 1.78 bits per heavy atom. The van der Waals surface area contributed by atoms with Crippen molar-refractivity contribution < 1.29 is 9.90 Å². The van der Waals surface area contributed by atoms with Crippen LogP contribution >= 0.6 is 37.5 Å². The monoisotopic (exact) mass is 184 g/mol. The van der Waals surface area contributed by atoms with Gasteiger partial charge in [0, 0.05) is 6.42 Å². The van der Waals surface area contributed by atoms with Crippen LogP contribution in [0.3, 0.4) is 0 Å². The molecule has 0 saturated carbocycles. The van der Waals surface area contributed by atoms with Crippen LogP contribution in [0.5, 0.6) is 0 Å². The number of hydrogen-bond donors (Lipinski definition) is 3. The largest absolute Gasteiger partial charge is 0.481 e. The summed E-state index contributed by atoms with van der Waals surface area (Å²) in [6, 6.07) is 0. The van der Waals surface area contributed by atoms with Crippen LogP contribution in [-0.2, 0) is 4.79 Å². The Balaban J connectivity index is 0. The fourth-order valence-corrected chi connectivity index (χ4v) is 0. The highest BCUT2D eigenvalue weighted by atomic mass is 32.2. The summed E-state index contributed by atoms with van der Waals surface area (Å²) in [5.41, 5.74) is 0. The van der Waals surface area contributed by atoms with Gasteiger partial charge in [-0.15, -0.1) is 25.3 Å². The summed E-state index contributed by atoms with van der Waals surface area (Å²) in [6.45, 7) is 1.60. The maximum Gasteiger partial charge on any atom is 0.303 e. The molecule has 0 aliphatic carbocycles. The highest BCUT2D eigenvalue weighted by Crippen LogP contribution is 1.83. The molecule has 0 amide bonds. The third kappa shape index (κ3) is 63.4. The van der Waals surface area contributed by atoms with Crippen molar-refractivity contribution in [2.24, 2.45) is 0 Å². The molecule has 0 aromatic rings. The number of carbonyl (C=O) groups is 1. The van der Waals surface area contributed by atoms with Crippen LogP contribution in [0, 0.1) is 0 Å². The van der Waals surface area contributed by atoms with Gasteiger partial charge in [-0.1, -0.05) is 19.1 Å². The molecule has 0 radical (unpaired) electrons. The smallest absolute Gasteiger partial charge is 0.303 e. The summed E-state index contributed by atoms with van der Waals surface area (Å²) in [6.07, 6.45) is 0.222. The molecule has 0 bridgehead atoms. The second kappa shape index (κ2) is 8.26. The molecule has 54 valence electrons. The highest BCUT2D eigenvalue weighted by Gasteiger charge is 1.80. The lowest BCUT2D eigenvalue weighted by atomic mass is 10.5. The number of rotatable bonds is 1. The van der Waals surface area contributed by atoms with E-state index in [4.69, 9.17) is 5.11 Å². The summed E-state index contributed by atoms with van der Waals surface area (Å²) in [4.78, 5) is 9.37. The number of thiol groups is 2. The highest BCUT2D eigenvalue weighted by molar-refractivity contribution is 8.34. The first-order valence-corrected chi connectivity index (χ1v) is 3.44. The average molecular weight is 184 g/mol. The molecule has 0 aliphatic heterocycles. The average Bonchev–Trinajstić information content (AvgIpc) is 1.65. The number of carboxylic acids is 1. The third-order valence-corrected chi connectivity index (χ3v) is 0.302. The molecular formula is C4H8O2S3. The first kappa shape index (κ1) is 12.0. The van der Waals surface area contributed by atoms with Crippen molar-refractivity contribution in [3.63, 3.8) is 0 Å². The molecule has 0 heterocycles. The lowest BCUT2D eigenvalue weighted by Crippen LogP contribution is -1.86. The number of thiocarbonyl (C=S) groups is 1. The molecule has 0 rings (SSSR count). The number of hydrogen-bond acceptors (Lipinski definition) is 2. The quantitative estimate of drug-likeness (QED) is 0.428. The van der Waals surface area contributed by atoms with Crippen molar-refractivity contribution in [2.75, 3.05) is 0 Å². The van der Waals surface area contributed by atoms with E-state index in [-0.39, 0.29) is 6.42 Å². The van der Waals surface area contributed by atoms with Crippen molar-refractivity contribution >= 4 is 47.0 Å². The van der Waals surface area contributed by atoms with Gasteiger partial charge in [0.25, 0.3) is 0 Å². The van der Waals surface area contributed by atoms with E-state index in [1.165, 1.54) is 0 Å². The van der Waals surface area contributed by atoms with E-state index in [9.17, 15) is 4.79 Å². The van der Waals surface area contributed by atoms with Gasteiger partial charge in [-0.2, -0.15) is 0 Å². The summed E-state index contributed by atoms with van der Waals surface area (Å²) in [7, 11) is 0. The summed E-state index contributed by atoms with van der Waals surface area (Å²) >= 11 is 11.4. The predicted octanol–water partition coefficient (Wildman–Crippen LogP) is 1.61. The molecule has 0 spiro atoms. The second-order valence-corrected chi connectivity index (χ2v) is 3.29. The molecular weight excluding hydrogens is 176 g/mol. The predicted molar refractivity (Wildman–Crippen MR) is 48.5 cm³/mol. The SMILES string of the molecule is CCC(=O)O.S=C(S)S. The van der Waals surface area contributed by atoms with Crippen molar-refractivity contribution in [2.45, 2.75) is 13.3 Å². The van der Waals surface area contributed by atoms with Crippen molar-refractivity contribution in [3.05, 3.63) is 0 Å². The Morgan fingerprint density at radius 1 is 1.67 bits per heavy atom. The van der Waals surface area contributed by atoms with Gasteiger partial charge in [0.1, 0.15) is 0 Å². The number of carboxylic acid groups (broad SMARTS) is 1. The van der Waals surface area contributed by atoms with E-state index in [1.54, 1.807) is 6.92 Å². The van der Waals surface area contributed by atoms with Gasteiger partial charge in [-0.3, -0.25) is 4.79 Å². The fourth-order valence-electron chi connectivity index (χ4n) is 0. The van der Waals surface area contributed by atoms with E-state index < -0.39 is 5.97 Å². The zero-order valence-corrected chi connectivity index (χ0v) is 7.47. The molecule has 0 aliphatic rings. The van der Waals surface area contributed by atoms with E-state index in [0.29, 0.717) is 3.53 Å². The van der Waals surface area contributed by atoms with Crippen LogP contribution in [-0.4, -0.2) is 14.6 Å². The zero-order valence-electron chi connectivity index (χ0n) is 4.87. The zero-order chi connectivity index (χ0) is 7.86. The second-order valence-electron chi connectivity index (χ2n) is 1.03. The van der Waals surface area contributed by atoms with E-state index in [2.05, 4.69) is 37.5 Å². The van der Waals surface area contributed by atoms with E-state index in [1.807, 2.05) is 0 Å². The molecule has 0 unspecified atom stereocenters. The van der Waals surface area contributed by atoms with Gasteiger partial charge in [-0.25, -0.2) is 0 Å². The van der Waals surface area contributed by atoms with Gasteiger partial charge in [0.15, 0.2) is 0 Å². The molecule has 0 aromatic heterocycles. The van der Waals surface area contributed by atoms with Crippen molar-refractivity contribution in [1.82, 2.24) is 0 Å². The summed E-state index contributed by atoms with van der Waals surface area (Å²) < 4.78 is 0.389. The third-order valence-electron chi connectivity index (χ3n) is 0.302. The van der Waals surface area contributed by atoms with Gasteiger partial charge < -0.3 is 5.11 Å². The first-order valence-electron chi connectivity index (χ1n) is 2.14. The molecule has 0 atom stereocenters. The van der Waals surface area contributed by atoms with Gasteiger partial charge in [0.2, 0.25) is 0 Å². The first-order chi connectivity index (χ1) is 4.00. The van der Waals surface area contributed by atoms with Gasteiger partial charge in [-0.05, 0) is 0 Å². The minimum Gasteiger partial charge on any atom is -0.481 e. The van der Waals surface area contributed by atoms with Gasteiger partial charge >= 0.3 is 5.97 Å². The van der Waals surface area contributed by atoms with E-state index >= 15 is 0 Å². The van der Waals surface area contributed by atoms with Crippen LogP contribution in [0.15, 0.2) is 0 Å². The van der Waals surface area contributed by atoms with E-state index in [0.717, 1.165) is 0 Å². The molecule has 5 heteroatoms. The molecule has 0 fully saturated rings. The Hall–Kier alpha value is 0.260. The van der Waals surface area contributed by atoms with Crippen LogP contribution in [0.2, 0.25) is 0 Å². The molecule has 1 N–H and O–H groups in total. The van der Waals surface area contributed by atoms with Crippen LogP contribution in [0.25, 0.3) is 0 Å². The molecule has 0 aromatic carbocycles. The summed E-state index contributed by atoms with van der Waals surface area (Å²) in [5.74, 6) is -0.745. The normalized spacial score (nSPS) is 7.00. The number of aliphatic carboxylic acids is 1. The Labute approximate surface area is 70.5 Å². The minimum absolute atomic E-state index is 0.222. The van der Waals surface area contributed by atoms with Crippen LogP contribution in [0.1, 0.15) is 13.3 Å². The molecule has 2 nitrogen and oxygen atoms in total. The molecule has 0 saturated heterocycles. The van der Waals surface area contributed by atoms with Crippen molar-refractivity contribution in [1.29, 1.82) is 0 Å². The van der Waals surface area contributed by atoms with Crippen molar-refractivity contribution in [3.8, 4) is 0 Å².